The third-order valence-electron chi connectivity index (χ3n) is 2.27. The smallest absolute Gasteiger partial charge is 0.130 e. The van der Waals surface area contributed by atoms with Gasteiger partial charge >= 0.3 is 0 Å². The highest BCUT2D eigenvalue weighted by Crippen LogP contribution is 2.23. The van der Waals surface area contributed by atoms with Gasteiger partial charge in [0.15, 0.2) is 0 Å². The normalized spacial score (nSPS) is 25.6. The first-order valence-electron chi connectivity index (χ1n) is 4.59. The second-order valence-corrected chi connectivity index (χ2v) is 4.69. The maximum atomic E-state index is 9.13. The molecule has 0 unspecified atom stereocenters. The summed E-state index contributed by atoms with van der Waals surface area (Å²) in [4.78, 5) is 8.46. The van der Waals surface area contributed by atoms with Gasteiger partial charge in [-0.3, -0.25) is 0 Å². The Morgan fingerprint density at radius 1 is 1.50 bits per heavy atom. The topological polar surface area (TPSA) is 58.0 Å². The molecule has 0 atom stereocenters. The number of anilines is 1. The van der Waals surface area contributed by atoms with Crippen LogP contribution in [-0.2, 0) is 0 Å². The molecule has 14 heavy (non-hydrogen) atoms. The van der Waals surface area contributed by atoms with Crippen LogP contribution in [0.15, 0.2) is 6.07 Å². The van der Waals surface area contributed by atoms with Crippen LogP contribution in [0.25, 0.3) is 0 Å². The quantitative estimate of drug-likeness (QED) is 0.639. The fourth-order valence-corrected chi connectivity index (χ4v) is 2.16. The Kier molecular flexibility index (Phi) is 2.87. The molecule has 1 saturated carbocycles. The van der Waals surface area contributed by atoms with E-state index >= 15 is 0 Å². The Morgan fingerprint density at radius 3 is 2.79 bits per heavy atom. The molecule has 1 aliphatic rings. The lowest BCUT2D eigenvalue weighted by molar-refractivity contribution is 0.0835. The molecule has 1 aliphatic carbocycles. The highest BCUT2D eigenvalue weighted by atomic mass is 127. The molecule has 0 aliphatic heterocycles. The Hall–Kier alpha value is -0.430. The number of rotatable bonds is 2. The van der Waals surface area contributed by atoms with Gasteiger partial charge in [-0.2, -0.15) is 0 Å². The summed E-state index contributed by atoms with van der Waals surface area (Å²) in [6.07, 6.45) is 1.51. The summed E-state index contributed by atoms with van der Waals surface area (Å²) >= 11 is 2.17. The summed E-state index contributed by atoms with van der Waals surface area (Å²) in [5.41, 5.74) is 0. The first kappa shape index (κ1) is 10.1. The first-order valence-corrected chi connectivity index (χ1v) is 5.67. The molecular weight excluding hydrogens is 293 g/mol. The molecule has 0 aromatic carbocycles. The van der Waals surface area contributed by atoms with Crippen molar-refractivity contribution in [2.45, 2.75) is 31.9 Å². The van der Waals surface area contributed by atoms with Crippen molar-refractivity contribution in [3.05, 3.63) is 15.6 Å². The average Bonchev–Trinajstić information content (AvgIpc) is 1.99. The number of nitrogens with zero attached hydrogens (tertiary/aromatic N) is 2. The third kappa shape index (κ3) is 2.33. The van der Waals surface area contributed by atoms with Crippen LogP contribution >= 0.6 is 22.6 Å². The van der Waals surface area contributed by atoms with Gasteiger partial charge in [-0.1, -0.05) is 0 Å². The zero-order valence-corrected chi connectivity index (χ0v) is 10.0. The minimum Gasteiger partial charge on any atom is -0.393 e. The summed E-state index contributed by atoms with van der Waals surface area (Å²) in [6, 6.07) is 2.29. The number of aromatic nitrogens is 2. The molecule has 0 saturated heterocycles. The first-order chi connectivity index (χ1) is 6.63. The molecule has 76 valence electrons. The molecule has 0 amide bonds. The number of nitrogens with one attached hydrogen (secondary N) is 1. The lowest BCUT2D eigenvalue weighted by Crippen LogP contribution is -2.39. The Morgan fingerprint density at radius 2 is 2.21 bits per heavy atom. The van der Waals surface area contributed by atoms with Crippen LogP contribution in [0.3, 0.4) is 0 Å². The molecule has 1 aromatic rings. The van der Waals surface area contributed by atoms with Crippen LogP contribution in [0, 0.1) is 10.6 Å². The van der Waals surface area contributed by atoms with Crippen LogP contribution in [0.1, 0.15) is 18.7 Å². The van der Waals surface area contributed by atoms with Gasteiger partial charge in [0.25, 0.3) is 0 Å². The van der Waals surface area contributed by atoms with Gasteiger partial charge in [-0.05, 0) is 42.4 Å². The van der Waals surface area contributed by atoms with Crippen molar-refractivity contribution >= 4 is 28.4 Å². The van der Waals surface area contributed by atoms with Crippen molar-refractivity contribution in [3.63, 3.8) is 0 Å². The highest BCUT2D eigenvalue weighted by Gasteiger charge is 2.27. The molecule has 1 fully saturated rings. The van der Waals surface area contributed by atoms with Gasteiger partial charge in [-0.25, -0.2) is 9.97 Å². The maximum absolute atomic E-state index is 9.13. The second-order valence-electron chi connectivity index (χ2n) is 3.59. The van der Waals surface area contributed by atoms with Gasteiger partial charge in [-0.15, -0.1) is 0 Å². The van der Waals surface area contributed by atoms with Crippen molar-refractivity contribution < 1.29 is 5.11 Å². The molecule has 5 heteroatoms. The van der Waals surface area contributed by atoms with E-state index in [2.05, 4.69) is 37.9 Å². The number of aliphatic hydroxyl groups excluding tert-OH is 1. The Labute approximate surface area is 96.3 Å². The molecule has 2 rings (SSSR count). The van der Waals surface area contributed by atoms with E-state index in [0.717, 1.165) is 28.2 Å². The monoisotopic (exact) mass is 305 g/mol. The summed E-state index contributed by atoms with van der Waals surface area (Å²) in [5.74, 6) is 1.64. The highest BCUT2D eigenvalue weighted by molar-refractivity contribution is 14.1. The predicted octanol–water partition coefficient (Wildman–Crippen LogP) is 1.32. The molecule has 1 aromatic heterocycles. The molecule has 2 N–H and O–H groups in total. The van der Waals surface area contributed by atoms with Gasteiger partial charge in [0.1, 0.15) is 15.3 Å². The molecule has 0 radical (unpaired) electrons. The fourth-order valence-electron chi connectivity index (χ4n) is 1.52. The van der Waals surface area contributed by atoms with Crippen molar-refractivity contribution in [2.24, 2.45) is 0 Å². The van der Waals surface area contributed by atoms with Gasteiger partial charge in [0.2, 0.25) is 0 Å². The van der Waals surface area contributed by atoms with Crippen molar-refractivity contribution in [2.75, 3.05) is 5.32 Å². The molecular formula is C9H12IN3O. The van der Waals surface area contributed by atoms with Crippen molar-refractivity contribution in [1.29, 1.82) is 0 Å². The third-order valence-corrected chi connectivity index (χ3v) is 2.82. The van der Waals surface area contributed by atoms with E-state index in [0.29, 0.717) is 6.04 Å². The molecule has 4 nitrogen and oxygen atoms in total. The number of halogens is 1. The summed E-state index contributed by atoms with van der Waals surface area (Å²) in [6.45, 7) is 1.88. The summed E-state index contributed by atoms with van der Waals surface area (Å²) in [5, 5.41) is 12.4. The van der Waals surface area contributed by atoms with E-state index in [1.165, 1.54) is 0 Å². The summed E-state index contributed by atoms with van der Waals surface area (Å²) in [7, 11) is 0. The fraction of sp³-hybridized carbons (Fsp3) is 0.556. The second kappa shape index (κ2) is 3.98. The maximum Gasteiger partial charge on any atom is 0.130 e. The molecule has 1 heterocycles. The van der Waals surface area contributed by atoms with E-state index in [-0.39, 0.29) is 6.10 Å². The van der Waals surface area contributed by atoms with Gasteiger partial charge in [0.05, 0.1) is 6.10 Å². The zero-order valence-electron chi connectivity index (χ0n) is 7.87. The number of aliphatic hydroxyl groups is 1. The van der Waals surface area contributed by atoms with E-state index in [1.807, 2.05) is 13.0 Å². The summed E-state index contributed by atoms with van der Waals surface area (Å²) < 4.78 is 0.942. The standard InChI is InChI=1S/C9H12IN3O/c1-5-11-8(10)4-9(12-5)13-6-2-7(14)3-6/h4,6-7,14H,2-3H2,1H3,(H,11,12,13)/t6-,7-. The van der Waals surface area contributed by atoms with Crippen LogP contribution in [0.4, 0.5) is 5.82 Å². The minimum absolute atomic E-state index is 0.130. The van der Waals surface area contributed by atoms with E-state index in [4.69, 9.17) is 5.11 Å². The lowest BCUT2D eigenvalue weighted by atomic mass is 9.89. The zero-order chi connectivity index (χ0) is 10.1. The number of hydrogen-bond acceptors (Lipinski definition) is 4. The Bertz CT molecular complexity index is 319. The van der Waals surface area contributed by atoms with Crippen molar-refractivity contribution in [3.8, 4) is 0 Å². The van der Waals surface area contributed by atoms with Crippen LogP contribution < -0.4 is 5.32 Å². The van der Waals surface area contributed by atoms with E-state index in [9.17, 15) is 0 Å². The lowest BCUT2D eigenvalue weighted by Gasteiger charge is -2.32. The van der Waals surface area contributed by atoms with Crippen LogP contribution in [-0.4, -0.2) is 27.2 Å². The van der Waals surface area contributed by atoms with Gasteiger partial charge in [0, 0.05) is 12.1 Å². The molecule has 0 spiro atoms. The predicted molar refractivity (Wildman–Crippen MR) is 62.1 cm³/mol. The minimum atomic E-state index is -0.130. The number of aryl methyl sites for hydroxylation is 1. The Balaban J connectivity index is 2.02. The molecule has 0 bridgehead atoms. The number of hydrogen-bond donors (Lipinski definition) is 2. The average molecular weight is 305 g/mol. The van der Waals surface area contributed by atoms with Crippen LogP contribution in [0.2, 0.25) is 0 Å². The van der Waals surface area contributed by atoms with E-state index in [1.54, 1.807) is 0 Å². The van der Waals surface area contributed by atoms with E-state index < -0.39 is 0 Å². The van der Waals surface area contributed by atoms with Gasteiger partial charge < -0.3 is 10.4 Å². The SMILES string of the molecule is Cc1nc(I)cc(N[C@H]2C[C@H](O)C2)n1. The largest absolute Gasteiger partial charge is 0.393 e. The van der Waals surface area contributed by atoms with Crippen molar-refractivity contribution in [1.82, 2.24) is 9.97 Å². The van der Waals surface area contributed by atoms with Crippen LogP contribution in [0.5, 0.6) is 0 Å².